The Morgan fingerprint density at radius 2 is 2.04 bits per heavy atom. The third-order valence-corrected chi connectivity index (χ3v) is 5.66. The SMILES string of the molecule is CCN(Cc1ccc(OC)c(F)c1)S(=O)(=O)c1c(C)noc1C. The van der Waals surface area contributed by atoms with E-state index in [0.29, 0.717) is 11.3 Å². The highest BCUT2D eigenvalue weighted by atomic mass is 32.2. The maximum Gasteiger partial charge on any atom is 0.248 e. The van der Waals surface area contributed by atoms with E-state index in [1.165, 1.54) is 23.5 Å². The zero-order valence-corrected chi connectivity index (χ0v) is 14.3. The van der Waals surface area contributed by atoms with Crippen molar-refractivity contribution in [2.24, 2.45) is 0 Å². The third-order valence-electron chi connectivity index (χ3n) is 3.49. The number of methoxy groups -OCH3 is 1. The van der Waals surface area contributed by atoms with Crippen molar-refractivity contribution >= 4 is 10.0 Å². The number of nitrogens with zero attached hydrogens (tertiary/aromatic N) is 2. The standard InChI is InChI=1S/C15H19FN2O4S/c1-5-18(9-12-6-7-14(21-4)13(16)8-12)23(19,20)15-10(2)17-22-11(15)3/h6-8H,5,9H2,1-4H3. The molecule has 2 rings (SSSR count). The molecule has 0 aliphatic heterocycles. The van der Waals surface area contributed by atoms with Crippen LogP contribution in [0.2, 0.25) is 0 Å². The number of ether oxygens (including phenoxy) is 1. The predicted octanol–water partition coefficient (Wildman–Crippen LogP) is 2.65. The zero-order valence-electron chi connectivity index (χ0n) is 13.5. The van der Waals surface area contributed by atoms with Crippen molar-refractivity contribution < 1.29 is 22.1 Å². The lowest BCUT2D eigenvalue weighted by Gasteiger charge is -2.20. The molecule has 0 N–H and O–H groups in total. The first kappa shape index (κ1) is 17.4. The van der Waals surface area contributed by atoms with Gasteiger partial charge >= 0.3 is 0 Å². The Hall–Kier alpha value is -1.93. The van der Waals surface area contributed by atoms with Crippen LogP contribution in [-0.4, -0.2) is 31.5 Å². The van der Waals surface area contributed by atoms with Gasteiger partial charge < -0.3 is 9.26 Å². The van der Waals surface area contributed by atoms with E-state index in [2.05, 4.69) is 5.16 Å². The summed E-state index contributed by atoms with van der Waals surface area (Å²) in [4.78, 5) is 0.0633. The van der Waals surface area contributed by atoms with Gasteiger partial charge in [0.1, 0.15) is 10.6 Å². The Balaban J connectivity index is 2.35. The van der Waals surface area contributed by atoms with Crippen LogP contribution in [0, 0.1) is 19.7 Å². The molecule has 0 unspecified atom stereocenters. The molecule has 1 heterocycles. The van der Waals surface area contributed by atoms with Crippen molar-refractivity contribution in [3.8, 4) is 5.75 Å². The fourth-order valence-corrected chi connectivity index (χ4v) is 4.08. The van der Waals surface area contributed by atoms with Gasteiger partial charge in [-0.2, -0.15) is 4.31 Å². The largest absolute Gasteiger partial charge is 0.494 e. The topological polar surface area (TPSA) is 72.6 Å². The molecule has 0 saturated heterocycles. The van der Waals surface area contributed by atoms with E-state index in [4.69, 9.17) is 9.26 Å². The lowest BCUT2D eigenvalue weighted by molar-refractivity contribution is 0.383. The summed E-state index contributed by atoms with van der Waals surface area (Å²) in [5, 5.41) is 3.69. The minimum absolute atomic E-state index is 0.0454. The van der Waals surface area contributed by atoms with E-state index in [1.54, 1.807) is 26.8 Å². The molecule has 126 valence electrons. The second-order valence-electron chi connectivity index (χ2n) is 5.05. The van der Waals surface area contributed by atoms with Crippen LogP contribution in [0.4, 0.5) is 4.39 Å². The molecule has 2 aromatic rings. The first-order valence-corrected chi connectivity index (χ1v) is 8.50. The summed E-state index contributed by atoms with van der Waals surface area (Å²) in [7, 11) is -2.40. The molecule has 0 aliphatic rings. The van der Waals surface area contributed by atoms with Gasteiger partial charge in [0.15, 0.2) is 17.3 Å². The van der Waals surface area contributed by atoms with Gasteiger partial charge in [0, 0.05) is 13.1 Å². The Kier molecular flexibility index (Phi) is 5.06. The van der Waals surface area contributed by atoms with Crippen molar-refractivity contribution in [1.82, 2.24) is 9.46 Å². The molecule has 0 fully saturated rings. The fraction of sp³-hybridized carbons (Fsp3) is 0.400. The van der Waals surface area contributed by atoms with E-state index in [-0.39, 0.29) is 29.5 Å². The van der Waals surface area contributed by atoms with Crippen LogP contribution in [0.15, 0.2) is 27.6 Å². The van der Waals surface area contributed by atoms with Crippen molar-refractivity contribution in [2.45, 2.75) is 32.2 Å². The number of aryl methyl sites for hydroxylation is 2. The van der Waals surface area contributed by atoms with Gasteiger partial charge in [0.05, 0.1) is 7.11 Å². The van der Waals surface area contributed by atoms with Crippen molar-refractivity contribution in [3.63, 3.8) is 0 Å². The highest BCUT2D eigenvalue weighted by molar-refractivity contribution is 7.89. The highest BCUT2D eigenvalue weighted by Gasteiger charge is 2.30. The maximum atomic E-state index is 13.8. The monoisotopic (exact) mass is 342 g/mol. The molecule has 6 nitrogen and oxygen atoms in total. The maximum absolute atomic E-state index is 13.8. The van der Waals surface area contributed by atoms with Gasteiger partial charge in [-0.15, -0.1) is 0 Å². The van der Waals surface area contributed by atoms with Gasteiger partial charge in [0.2, 0.25) is 10.0 Å². The van der Waals surface area contributed by atoms with Gasteiger partial charge in [-0.25, -0.2) is 12.8 Å². The smallest absolute Gasteiger partial charge is 0.248 e. The van der Waals surface area contributed by atoms with Crippen LogP contribution in [0.5, 0.6) is 5.75 Å². The molecule has 0 spiro atoms. The fourth-order valence-electron chi connectivity index (χ4n) is 2.35. The molecule has 0 atom stereocenters. The third kappa shape index (κ3) is 3.37. The van der Waals surface area contributed by atoms with E-state index in [9.17, 15) is 12.8 Å². The van der Waals surface area contributed by atoms with Crippen LogP contribution < -0.4 is 4.74 Å². The zero-order chi connectivity index (χ0) is 17.2. The molecule has 1 aromatic carbocycles. The van der Waals surface area contributed by atoms with E-state index < -0.39 is 15.8 Å². The molecule has 0 amide bonds. The second-order valence-corrected chi connectivity index (χ2v) is 6.93. The number of benzene rings is 1. The van der Waals surface area contributed by atoms with Crippen LogP contribution in [0.25, 0.3) is 0 Å². The number of rotatable bonds is 6. The average molecular weight is 342 g/mol. The molecular weight excluding hydrogens is 323 g/mol. The average Bonchev–Trinajstić information content (AvgIpc) is 2.84. The van der Waals surface area contributed by atoms with Crippen molar-refractivity contribution in [2.75, 3.05) is 13.7 Å². The number of hydrogen-bond donors (Lipinski definition) is 0. The van der Waals surface area contributed by atoms with Crippen LogP contribution >= 0.6 is 0 Å². The Bertz CT molecular complexity index is 782. The number of hydrogen-bond acceptors (Lipinski definition) is 5. The number of halogens is 1. The first-order chi connectivity index (χ1) is 10.8. The summed E-state index contributed by atoms with van der Waals surface area (Å²) in [6, 6.07) is 4.37. The Morgan fingerprint density at radius 3 is 2.52 bits per heavy atom. The summed E-state index contributed by atoms with van der Waals surface area (Å²) in [5.74, 6) is -0.178. The van der Waals surface area contributed by atoms with Crippen LogP contribution in [0.3, 0.4) is 0 Å². The number of aromatic nitrogens is 1. The lowest BCUT2D eigenvalue weighted by Crippen LogP contribution is -2.31. The molecule has 0 aliphatic carbocycles. The summed E-state index contributed by atoms with van der Waals surface area (Å²) >= 11 is 0. The van der Waals surface area contributed by atoms with E-state index in [1.807, 2.05) is 0 Å². The summed E-state index contributed by atoms with van der Waals surface area (Å²) in [5.41, 5.74) is 0.836. The second kappa shape index (κ2) is 6.67. The van der Waals surface area contributed by atoms with E-state index in [0.717, 1.165) is 0 Å². The summed E-state index contributed by atoms with van der Waals surface area (Å²) in [6.07, 6.45) is 0. The summed E-state index contributed by atoms with van der Waals surface area (Å²) in [6.45, 7) is 5.12. The quantitative estimate of drug-likeness (QED) is 0.807. The van der Waals surface area contributed by atoms with Gasteiger partial charge in [-0.05, 0) is 31.5 Å². The summed E-state index contributed by atoms with van der Waals surface area (Å²) < 4.78 is 50.4. The molecule has 0 radical (unpaired) electrons. The first-order valence-electron chi connectivity index (χ1n) is 7.06. The molecule has 8 heteroatoms. The molecule has 23 heavy (non-hydrogen) atoms. The molecule has 1 aromatic heterocycles. The highest BCUT2D eigenvalue weighted by Crippen LogP contribution is 2.25. The number of sulfonamides is 1. The van der Waals surface area contributed by atoms with E-state index >= 15 is 0 Å². The predicted molar refractivity (Wildman–Crippen MR) is 82.2 cm³/mol. The normalized spacial score (nSPS) is 11.9. The van der Waals surface area contributed by atoms with Crippen LogP contribution in [0.1, 0.15) is 23.9 Å². The van der Waals surface area contributed by atoms with Crippen molar-refractivity contribution in [1.29, 1.82) is 0 Å². The van der Waals surface area contributed by atoms with Gasteiger partial charge in [-0.3, -0.25) is 0 Å². The molecular formula is C15H19FN2O4S. The minimum Gasteiger partial charge on any atom is -0.494 e. The lowest BCUT2D eigenvalue weighted by atomic mass is 10.2. The van der Waals surface area contributed by atoms with Gasteiger partial charge in [-0.1, -0.05) is 18.1 Å². The Morgan fingerprint density at radius 1 is 1.35 bits per heavy atom. The molecule has 0 bridgehead atoms. The van der Waals surface area contributed by atoms with Gasteiger partial charge in [0.25, 0.3) is 0 Å². The van der Waals surface area contributed by atoms with Crippen molar-refractivity contribution in [3.05, 3.63) is 41.0 Å². The van der Waals surface area contributed by atoms with Crippen LogP contribution in [-0.2, 0) is 16.6 Å². The minimum atomic E-state index is -3.77. The molecule has 0 saturated carbocycles. The Labute approximate surface area is 134 Å².